The normalized spacial score (nSPS) is 23.9. The van der Waals surface area contributed by atoms with Crippen LogP contribution in [0.5, 0.6) is 0 Å². The highest BCUT2D eigenvalue weighted by Gasteiger charge is 2.47. The van der Waals surface area contributed by atoms with Crippen molar-refractivity contribution in [1.82, 2.24) is 0 Å². The van der Waals surface area contributed by atoms with Gasteiger partial charge in [-0.15, -0.1) is 0 Å². The first kappa shape index (κ1) is 23.2. The second kappa shape index (κ2) is 9.24. The van der Waals surface area contributed by atoms with E-state index in [1.165, 1.54) is 12.2 Å². The number of ether oxygens (including phenoxy) is 4. The quantitative estimate of drug-likeness (QED) is 0.375. The molecule has 3 fully saturated rings. The van der Waals surface area contributed by atoms with Gasteiger partial charge in [0, 0.05) is 25.7 Å². The van der Waals surface area contributed by atoms with Crippen LogP contribution >= 0.6 is 0 Å². The lowest BCUT2D eigenvalue weighted by atomic mass is 9.92. The summed E-state index contributed by atoms with van der Waals surface area (Å²) in [6.07, 6.45) is 9.93. The Balaban J connectivity index is 1.50. The van der Waals surface area contributed by atoms with Crippen LogP contribution in [0.25, 0.3) is 5.57 Å². The molecule has 2 heterocycles. The van der Waals surface area contributed by atoms with Crippen molar-refractivity contribution in [2.24, 2.45) is 0 Å². The Kier molecular flexibility index (Phi) is 6.13. The monoisotopic (exact) mass is 480 g/mol. The number of carbonyl (C=O) groups is 3. The fourth-order valence-electron chi connectivity index (χ4n) is 5.09. The minimum atomic E-state index is -1.20. The van der Waals surface area contributed by atoms with E-state index in [-0.39, 0.29) is 11.1 Å². The van der Waals surface area contributed by atoms with Crippen LogP contribution in [0.1, 0.15) is 69.8 Å². The molecule has 35 heavy (non-hydrogen) atoms. The molecule has 0 bridgehead atoms. The summed E-state index contributed by atoms with van der Waals surface area (Å²) >= 11 is 0. The van der Waals surface area contributed by atoms with Crippen LogP contribution in [0, 0.1) is 0 Å². The molecule has 0 atom stereocenters. The Hall–Kier alpha value is -3.55. The molecular formula is C27H28O8. The Morgan fingerprint density at radius 2 is 1.23 bits per heavy atom. The number of carbonyl (C=O) groups excluding carboxylic acids is 3. The zero-order valence-electron chi connectivity index (χ0n) is 19.4. The minimum Gasteiger partial charge on any atom is -0.480 e. The third-order valence-corrected chi connectivity index (χ3v) is 6.95. The van der Waals surface area contributed by atoms with E-state index in [9.17, 15) is 19.5 Å². The van der Waals surface area contributed by atoms with E-state index in [1.807, 2.05) is 6.07 Å². The maximum atomic E-state index is 12.9. The summed E-state index contributed by atoms with van der Waals surface area (Å²) < 4.78 is 22.5. The van der Waals surface area contributed by atoms with Gasteiger partial charge in [-0.1, -0.05) is 43.2 Å². The highest BCUT2D eigenvalue weighted by molar-refractivity contribution is 6.17. The molecule has 0 aromatic heterocycles. The zero-order valence-corrected chi connectivity index (χ0v) is 19.4. The van der Waals surface area contributed by atoms with E-state index in [4.69, 9.17) is 18.9 Å². The molecule has 184 valence electrons. The number of rotatable bonds is 3. The number of benzene rings is 1. The molecule has 2 spiro atoms. The van der Waals surface area contributed by atoms with Gasteiger partial charge in [0.25, 0.3) is 17.5 Å². The lowest BCUT2D eigenvalue weighted by molar-refractivity contribution is -0.249. The van der Waals surface area contributed by atoms with Crippen LogP contribution in [0.2, 0.25) is 0 Å². The van der Waals surface area contributed by atoms with E-state index >= 15 is 0 Å². The second-order valence-electron chi connectivity index (χ2n) is 9.46. The Morgan fingerprint density at radius 3 is 1.77 bits per heavy atom. The fourth-order valence-corrected chi connectivity index (χ4v) is 5.09. The highest BCUT2D eigenvalue weighted by Crippen LogP contribution is 2.40. The standard InChI is InChI=1S/C27H28O8/c28-22-20(23(29)33-26(32-22)12-6-2-7-13-26)16-19(18-10-4-1-5-11-18)17-21-24(30)34-27(35-25(21)31)14-8-3-9-15-27/h1,4-5,10-11,16-17,28H,2-3,6-9,12-15H2. The number of hydrogen-bond acceptors (Lipinski definition) is 8. The molecule has 1 saturated heterocycles. The zero-order chi connectivity index (χ0) is 24.5. The van der Waals surface area contributed by atoms with Gasteiger partial charge in [-0.25, -0.2) is 14.4 Å². The third-order valence-electron chi connectivity index (χ3n) is 6.95. The van der Waals surface area contributed by atoms with Crippen molar-refractivity contribution in [1.29, 1.82) is 0 Å². The maximum absolute atomic E-state index is 12.9. The van der Waals surface area contributed by atoms with Crippen LogP contribution in [0.3, 0.4) is 0 Å². The van der Waals surface area contributed by atoms with E-state index in [0.717, 1.165) is 38.5 Å². The van der Waals surface area contributed by atoms with Gasteiger partial charge >= 0.3 is 17.9 Å². The molecule has 0 radical (unpaired) electrons. The molecule has 5 rings (SSSR count). The predicted octanol–water partition coefficient (Wildman–Crippen LogP) is 4.76. The van der Waals surface area contributed by atoms with E-state index in [0.29, 0.717) is 36.8 Å². The smallest absolute Gasteiger partial charge is 0.348 e. The van der Waals surface area contributed by atoms with Crippen LogP contribution in [-0.2, 0) is 33.3 Å². The number of hydrogen-bond donors (Lipinski definition) is 1. The topological polar surface area (TPSA) is 108 Å². The molecule has 0 unspecified atom stereocenters. The Labute approximate surface area is 203 Å². The number of allylic oxidation sites excluding steroid dienone is 2. The molecule has 2 aliphatic heterocycles. The summed E-state index contributed by atoms with van der Waals surface area (Å²) in [5.74, 6) is -5.15. The van der Waals surface area contributed by atoms with E-state index < -0.39 is 35.4 Å². The van der Waals surface area contributed by atoms with Crippen LogP contribution in [0.4, 0.5) is 0 Å². The van der Waals surface area contributed by atoms with Gasteiger partial charge in [0.05, 0.1) is 0 Å². The Morgan fingerprint density at radius 1 is 0.714 bits per heavy atom. The summed E-state index contributed by atoms with van der Waals surface area (Å²) in [6.45, 7) is 0. The number of esters is 3. The average Bonchev–Trinajstić information content (AvgIpc) is 2.84. The van der Waals surface area contributed by atoms with Gasteiger partial charge in [-0.05, 0) is 49.0 Å². The highest BCUT2D eigenvalue weighted by atomic mass is 16.8. The third kappa shape index (κ3) is 4.70. The molecule has 0 amide bonds. The van der Waals surface area contributed by atoms with E-state index in [2.05, 4.69) is 0 Å². The summed E-state index contributed by atoms with van der Waals surface area (Å²) in [5, 5.41) is 10.6. The lowest BCUT2D eigenvalue weighted by Crippen LogP contribution is -2.47. The predicted molar refractivity (Wildman–Crippen MR) is 123 cm³/mol. The first-order chi connectivity index (χ1) is 16.9. The van der Waals surface area contributed by atoms with Crippen molar-refractivity contribution in [3.8, 4) is 0 Å². The van der Waals surface area contributed by atoms with Crippen molar-refractivity contribution < 1.29 is 38.4 Å². The van der Waals surface area contributed by atoms with Crippen LogP contribution in [0.15, 0.2) is 59.6 Å². The fraction of sp³-hybridized carbons (Fsp3) is 0.444. The van der Waals surface area contributed by atoms with Gasteiger partial charge in [-0.3, -0.25) is 0 Å². The average molecular weight is 481 g/mol. The SMILES string of the molecule is O=C1OC2(CCCCC2)OC(=O)C1=CC(=CC1=C(O)OC2(CCCCC2)OC1=O)c1ccccc1. The van der Waals surface area contributed by atoms with Crippen molar-refractivity contribution >= 4 is 23.5 Å². The largest absolute Gasteiger partial charge is 0.480 e. The van der Waals surface area contributed by atoms with Gasteiger partial charge in [-0.2, -0.15) is 0 Å². The van der Waals surface area contributed by atoms with Crippen molar-refractivity contribution in [3.63, 3.8) is 0 Å². The van der Waals surface area contributed by atoms with Crippen LogP contribution in [-0.4, -0.2) is 34.6 Å². The number of aliphatic hydroxyl groups is 1. The Bertz CT molecular complexity index is 1090. The molecule has 2 saturated carbocycles. The maximum Gasteiger partial charge on any atom is 0.348 e. The molecule has 1 aromatic rings. The molecule has 1 N–H and O–H groups in total. The first-order valence-electron chi connectivity index (χ1n) is 12.2. The van der Waals surface area contributed by atoms with Crippen molar-refractivity contribution in [2.75, 3.05) is 0 Å². The lowest BCUT2D eigenvalue weighted by Gasteiger charge is -2.39. The molecular weight excluding hydrogens is 452 g/mol. The van der Waals surface area contributed by atoms with Gasteiger partial charge in [0.2, 0.25) is 0 Å². The summed E-state index contributed by atoms with van der Waals surface area (Å²) in [6, 6.07) is 8.86. The van der Waals surface area contributed by atoms with Gasteiger partial charge in [0.15, 0.2) is 0 Å². The van der Waals surface area contributed by atoms with Crippen LogP contribution < -0.4 is 0 Å². The summed E-state index contributed by atoms with van der Waals surface area (Å²) in [5.41, 5.74) is 0.434. The number of aliphatic hydroxyl groups excluding tert-OH is 1. The second-order valence-corrected chi connectivity index (χ2v) is 9.46. The van der Waals surface area contributed by atoms with Crippen molar-refractivity contribution in [3.05, 3.63) is 65.1 Å². The molecule has 4 aliphatic rings. The van der Waals surface area contributed by atoms with Gasteiger partial charge in [0.1, 0.15) is 11.1 Å². The van der Waals surface area contributed by atoms with Crippen molar-refractivity contribution in [2.45, 2.75) is 75.8 Å². The molecule has 8 heteroatoms. The minimum absolute atomic E-state index is 0.196. The molecule has 8 nitrogen and oxygen atoms in total. The van der Waals surface area contributed by atoms with Gasteiger partial charge < -0.3 is 24.1 Å². The first-order valence-corrected chi connectivity index (χ1v) is 12.2. The molecule has 2 aliphatic carbocycles. The van der Waals surface area contributed by atoms with E-state index in [1.54, 1.807) is 24.3 Å². The summed E-state index contributed by atoms with van der Waals surface area (Å²) in [7, 11) is 0. The summed E-state index contributed by atoms with van der Waals surface area (Å²) in [4.78, 5) is 38.6. The molecule has 1 aromatic carbocycles.